The van der Waals surface area contributed by atoms with E-state index < -0.39 is 10.0 Å². The molecule has 0 amide bonds. The summed E-state index contributed by atoms with van der Waals surface area (Å²) in [6, 6.07) is 0.141. The van der Waals surface area contributed by atoms with Crippen molar-refractivity contribution in [2.24, 2.45) is 0 Å². The maximum Gasteiger partial charge on any atom is 0.214 e. The van der Waals surface area contributed by atoms with E-state index >= 15 is 0 Å². The first-order valence-electron chi connectivity index (χ1n) is 6.31. The van der Waals surface area contributed by atoms with Gasteiger partial charge in [0, 0.05) is 32.8 Å². The first kappa shape index (κ1) is 14.9. The van der Waals surface area contributed by atoms with Crippen LogP contribution in [0.3, 0.4) is 0 Å². The maximum atomic E-state index is 12.2. The van der Waals surface area contributed by atoms with E-state index in [1.165, 1.54) is 0 Å². The normalized spacial score (nSPS) is 21.2. The Hall–Kier alpha value is -0.170. The standard InChI is InChI=1S/C11H24N2O3S/c1-3-7-13(11-5-6-12-10-11)17(14,15)9-4-8-16-2/h11-12H,3-10H2,1-2H3. The van der Waals surface area contributed by atoms with Crippen LogP contribution in [0.1, 0.15) is 26.2 Å². The molecule has 0 aromatic heterocycles. The van der Waals surface area contributed by atoms with E-state index in [1.807, 2.05) is 6.92 Å². The predicted octanol–water partition coefficient (Wildman–Crippen LogP) is 0.427. The van der Waals surface area contributed by atoms with Crippen LogP contribution < -0.4 is 5.32 Å². The zero-order valence-electron chi connectivity index (χ0n) is 10.8. The second kappa shape index (κ2) is 7.31. The Morgan fingerprint density at radius 2 is 2.24 bits per heavy atom. The van der Waals surface area contributed by atoms with Crippen LogP contribution in [0, 0.1) is 0 Å². The van der Waals surface area contributed by atoms with E-state index in [-0.39, 0.29) is 11.8 Å². The van der Waals surface area contributed by atoms with E-state index in [4.69, 9.17) is 4.74 Å². The fraction of sp³-hybridized carbons (Fsp3) is 1.00. The molecule has 1 heterocycles. The van der Waals surface area contributed by atoms with Crippen molar-refractivity contribution in [3.05, 3.63) is 0 Å². The van der Waals surface area contributed by atoms with Crippen molar-refractivity contribution < 1.29 is 13.2 Å². The molecule has 6 heteroatoms. The van der Waals surface area contributed by atoms with Gasteiger partial charge in [-0.1, -0.05) is 6.92 Å². The third kappa shape index (κ3) is 4.54. The number of methoxy groups -OCH3 is 1. The Balaban J connectivity index is 2.60. The molecule has 1 unspecified atom stereocenters. The lowest BCUT2D eigenvalue weighted by Gasteiger charge is -2.27. The van der Waals surface area contributed by atoms with Crippen LogP contribution in [0.2, 0.25) is 0 Å². The molecule has 0 radical (unpaired) electrons. The molecule has 0 spiro atoms. The molecule has 0 bridgehead atoms. The summed E-state index contributed by atoms with van der Waals surface area (Å²) in [6.45, 7) is 4.84. The summed E-state index contributed by atoms with van der Waals surface area (Å²) >= 11 is 0. The number of sulfonamides is 1. The molecule has 1 atom stereocenters. The first-order chi connectivity index (χ1) is 8.11. The van der Waals surface area contributed by atoms with Gasteiger partial charge in [0.25, 0.3) is 0 Å². The van der Waals surface area contributed by atoms with Gasteiger partial charge in [-0.15, -0.1) is 0 Å². The molecule has 1 rings (SSSR count). The van der Waals surface area contributed by atoms with E-state index in [9.17, 15) is 8.42 Å². The highest BCUT2D eigenvalue weighted by molar-refractivity contribution is 7.89. The van der Waals surface area contributed by atoms with Crippen LogP contribution in [0.5, 0.6) is 0 Å². The predicted molar refractivity (Wildman–Crippen MR) is 68.6 cm³/mol. The van der Waals surface area contributed by atoms with E-state index in [0.29, 0.717) is 19.6 Å². The molecule has 5 nitrogen and oxygen atoms in total. The van der Waals surface area contributed by atoms with Crippen molar-refractivity contribution in [2.45, 2.75) is 32.2 Å². The summed E-state index contributed by atoms with van der Waals surface area (Å²) in [5, 5.41) is 3.22. The van der Waals surface area contributed by atoms with Crippen molar-refractivity contribution in [2.75, 3.05) is 39.1 Å². The number of rotatable bonds is 8. The molecule has 1 aliphatic rings. The lowest BCUT2D eigenvalue weighted by molar-refractivity contribution is 0.199. The number of hydrogen-bond acceptors (Lipinski definition) is 4. The summed E-state index contributed by atoms with van der Waals surface area (Å²) in [7, 11) is -1.53. The molecule has 1 saturated heterocycles. The maximum absolute atomic E-state index is 12.2. The highest BCUT2D eigenvalue weighted by Gasteiger charge is 2.30. The Kier molecular flexibility index (Phi) is 6.40. The Labute approximate surface area is 105 Å². The minimum atomic E-state index is -3.13. The van der Waals surface area contributed by atoms with Crippen molar-refractivity contribution in [1.29, 1.82) is 0 Å². The van der Waals surface area contributed by atoms with Crippen molar-refractivity contribution in [3.63, 3.8) is 0 Å². The molecule has 0 aromatic carbocycles. The summed E-state index contributed by atoms with van der Waals surface area (Å²) in [6.07, 6.45) is 2.35. The van der Waals surface area contributed by atoms with Crippen LogP contribution >= 0.6 is 0 Å². The van der Waals surface area contributed by atoms with E-state index in [1.54, 1.807) is 11.4 Å². The molecule has 1 N–H and O–H groups in total. The van der Waals surface area contributed by atoms with Gasteiger partial charge in [-0.2, -0.15) is 4.31 Å². The summed E-state index contributed by atoms with van der Waals surface area (Å²) in [4.78, 5) is 0. The van der Waals surface area contributed by atoms with Crippen LogP contribution in [0.4, 0.5) is 0 Å². The minimum Gasteiger partial charge on any atom is -0.385 e. The SMILES string of the molecule is CCCN(C1CCNC1)S(=O)(=O)CCCOC. The van der Waals surface area contributed by atoms with Crippen LogP contribution in [0.15, 0.2) is 0 Å². The third-order valence-corrected chi connectivity index (χ3v) is 4.99. The van der Waals surface area contributed by atoms with Crippen molar-refractivity contribution in [1.82, 2.24) is 9.62 Å². The second-order valence-corrected chi connectivity index (χ2v) is 6.46. The molecule has 0 aromatic rings. The van der Waals surface area contributed by atoms with Gasteiger partial charge in [-0.25, -0.2) is 8.42 Å². The van der Waals surface area contributed by atoms with Gasteiger partial charge in [-0.3, -0.25) is 0 Å². The molecule has 0 saturated carbocycles. The molecule has 102 valence electrons. The Morgan fingerprint density at radius 3 is 2.76 bits per heavy atom. The second-order valence-electron chi connectivity index (χ2n) is 4.42. The van der Waals surface area contributed by atoms with Gasteiger partial charge in [0.05, 0.1) is 5.75 Å². The molecule has 17 heavy (non-hydrogen) atoms. The molecular formula is C11H24N2O3S. The summed E-state index contributed by atoms with van der Waals surface area (Å²) in [5.41, 5.74) is 0. The number of nitrogens with one attached hydrogen (secondary N) is 1. The summed E-state index contributed by atoms with van der Waals surface area (Å²) in [5.74, 6) is 0.192. The smallest absolute Gasteiger partial charge is 0.214 e. The van der Waals surface area contributed by atoms with Gasteiger partial charge in [0.1, 0.15) is 0 Å². The summed E-state index contributed by atoms with van der Waals surface area (Å²) < 4.78 is 31.0. The van der Waals surface area contributed by atoms with Gasteiger partial charge in [0.2, 0.25) is 10.0 Å². The third-order valence-electron chi connectivity index (χ3n) is 2.99. The monoisotopic (exact) mass is 264 g/mol. The van der Waals surface area contributed by atoms with Crippen molar-refractivity contribution in [3.8, 4) is 0 Å². The minimum absolute atomic E-state index is 0.141. The number of nitrogens with zero attached hydrogens (tertiary/aromatic N) is 1. The van der Waals surface area contributed by atoms with Gasteiger partial charge >= 0.3 is 0 Å². The lowest BCUT2D eigenvalue weighted by Crippen LogP contribution is -2.43. The Morgan fingerprint density at radius 1 is 1.47 bits per heavy atom. The highest BCUT2D eigenvalue weighted by Crippen LogP contribution is 2.15. The zero-order chi connectivity index (χ0) is 12.7. The van der Waals surface area contributed by atoms with Crippen LogP contribution in [-0.4, -0.2) is 57.9 Å². The van der Waals surface area contributed by atoms with Crippen molar-refractivity contribution >= 4 is 10.0 Å². The largest absolute Gasteiger partial charge is 0.385 e. The average Bonchev–Trinajstić information content (AvgIpc) is 2.79. The van der Waals surface area contributed by atoms with Crippen LogP contribution in [-0.2, 0) is 14.8 Å². The molecule has 0 aliphatic carbocycles. The molecule has 1 fully saturated rings. The molecule has 1 aliphatic heterocycles. The fourth-order valence-electron chi connectivity index (χ4n) is 2.16. The van der Waals surface area contributed by atoms with E-state index in [2.05, 4.69) is 5.32 Å². The number of ether oxygens (including phenoxy) is 1. The topological polar surface area (TPSA) is 58.6 Å². The molecular weight excluding hydrogens is 240 g/mol. The van der Waals surface area contributed by atoms with Crippen LogP contribution in [0.25, 0.3) is 0 Å². The average molecular weight is 264 g/mol. The highest BCUT2D eigenvalue weighted by atomic mass is 32.2. The fourth-order valence-corrected chi connectivity index (χ4v) is 3.97. The van der Waals surface area contributed by atoms with Gasteiger partial charge in [0.15, 0.2) is 0 Å². The number of hydrogen-bond donors (Lipinski definition) is 1. The quantitative estimate of drug-likeness (QED) is 0.646. The Bertz CT molecular complexity index is 300. The zero-order valence-corrected chi connectivity index (χ0v) is 11.6. The lowest BCUT2D eigenvalue weighted by atomic mass is 10.2. The first-order valence-corrected chi connectivity index (χ1v) is 7.92. The van der Waals surface area contributed by atoms with Gasteiger partial charge in [-0.05, 0) is 25.8 Å². The van der Waals surface area contributed by atoms with E-state index in [0.717, 1.165) is 25.9 Å². The van der Waals surface area contributed by atoms with Gasteiger partial charge < -0.3 is 10.1 Å².